The van der Waals surface area contributed by atoms with Gasteiger partial charge in [-0.25, -0.2) is 4.79 Å². The second-order valence-electron chi connectivity index (χ2n) is 9.00. The van der Waals surface area contributed by atoms with Crippen LogP contribution in [-0.4, -0.2) is 44.7 Å². The van der Waals surface area contributed by atoms with Crippen LogP contribution in [0.1, 0.15) is 58.9 Å². The van der Waals surface area contributed by atoms with Crippen LogP contribution in [0.2, 0.25) is 0 Å². The molecule has 190 valence electrons. The van der Waals surface area contributed by atoms with Crippen LogP contribution in [0.5, 0.6) is 11.5 Å². The largest absolute Gasteiger partial charge is 0.493 e. The Hall–Kier alpha value is -3.29. The predicted octanol–water partition coefficient (Wildman–Crippen LogP) is 4.05. The zero-order valence-corrected chi connectivity index (χ0v) is 21.5. The van der Waals surface area contributed by atoms with Crippen LogP contribution in [0.15, 0.2) is 40.7 Å². The molecular weight excluding hydrogens is 450 g/mol. The third-order valence-electron chi connectivity index (χ3n) is 6.67. The van der Waals surface area contributed by atoms with E-state index in [2.05, 4.69) is 5.32 Å². The number of nitrogens with one attached hydrogen (secondary N) is 1. The van der Waals surface area contributed by atoms with Gasteiger partial charge in [0.05, 0.1) is 32.5 Å². The van der Waals surface area contributed by atoms with Crippen molar-refractivity contribution in [2.75, 3.05) is 20.8 Å². The third kappa shape index (κ3) is 5.06. The molecule has 1 aliphatic heterocycles. The van der Waals surface area contributed by atoms with Gasteiger partial charge in [0.15, 0.2) is 17.3 Å². The highest BCUT2D eigenvalue weighted by Crippen LogP contribution is 2.47. The van der Waals surface area contributed by atoms with Crippen LogP contribution in [0, 0.1) is 11.8 Å². The predicted molar refractivity (Wildman–Crippen MR) is 130 cm³/mol. The second kappa shape index (κ2) is 11.0. The number of hydrogen-bond acceptors (Lipinski definition) is 8. The molecule has 0 bridgehead atoms. The van der Waals surface area contributed by atoms with E-state index in [1.165, 1.54) is 14.2 Å². The Morgan fingerprint density at radius 1 is 1.17 bits per heavy atom. The zero-order valence-electron chi connectivity index (χ0n) is 21.5. The molecule has 0 aromatic heterocycles. The first-order chi connectivity index (χ1) is 16.7. The molecule has 0 amide bonds. The summed E-state index contributed by atoms with van der Waals surface area (Å²) in [4.78, 5) is 39.8. The number of carbonyl (C=O) groups excluding carboxylic acids is 3. The molecule has 35 heavy (non-hydrogen) atoms. The molecule has 1 aliphatic carbocycles. The number of allylic oxidation sites excluding steroid dienone is 3. The lowest BCUT2D eigenvalue weighted by Crippen LogP contribution is -2.43. The number of methoxy groups -OCH3 is 2. The summed E-state index contributed by atoms with van der Waals surface area (Å²) in [5.74, 6) is -2.32. The number of hydrogen-bond donors (Lipinski definition) is 1. The molecule has 3 rings (SSSR count). The van der Waals surface area contributed by atoms with E-state index < -0.39 is 23.8 Å². The minimum Gasteiger partial charge on any atom is -0.493 e. The number of ether oxygens (including phenoxy) is 4. The van der Waals surface area contributed by atoms with Gasteiger partial charge in [0, 0.05) is 22.9 Å². The summed E-state index contributed by atoms with van der Waals surface area (Å²) in [5.41, 5.74) is 2.71. The van der Waals surface area contributed by atoms with Crippen molar-refractivity contribution >= 4 is 17.7 Å². The third-order valence-corrected chi connectivity index (χ3v) is 6.67. The molecule has 1 aromatic carbocycles. The second-order valence-corrected chi connectivity index (χ2v) is 9.00. The smallest absolute Gasteiger partial charge is 0.337 e. The van der Waals surface area contributed by atoms with Crippen LogP contribution in [-0.2, 0) is 23.9 Å². The highest BCUT2D eigenvalue weighted by molar-refractivity contribution is 6.12. The molecule has 8 heteroatoms. The topological polar surface area (TPSA) is 100 Å². The fourth-order valence-electron chi connectivity index (χ4n) is 4.75. The van der Waals surface area contributed by atoms with Crippen molar-refractivity contribution in [2.45, 2.75) is 59.5 Å². The Labute approximate surface area is 206 Å². The maximum Gasteiger partial charge on any atom is 0.337 e. The molecule has 0 radical (unpaired) electrons. The molecule has 0 saturated carbocycles. The lowest BCUT2D eigenvalue weighted by atomic mass is 9.69. The number of Topliss-reactive ketones (excluding diaryl/α,β-unsaturated/α-hetero) is 1. The summed E-state index contributed by atoms with van der Waals surface area (Å²) in [6, 6.07) is 5.35. The molecule has 1 heterocycles. The summed E-state index contributed by atoms with van der Waals surface area (Å²) >= 11 is 0. The summed E-state index contributed by atoms with van der Waals surface area (Å²) in [6.07, 6.45) is 0.830. The number of carbonyl (C=O) groups is 3. The maximum atomic E-state index is 13.8. The minimum absolute atomic E-state index is 0.252. The summed E-state index contributed by atoms with van der Waals surface area (Å²) < 4.78 is 21.8. The van der Waals surface area contributed by atoms with E-state index in [1.54, 1.807) is 19.1 Å². The van der Waals surface area contributed by atoms with E-state index in [-0.39, 0.29) is 17.8 Å². The highest BCUT2D eigenvalue weighted by atomic mass is 16.5. The van der Waals surface area contributed by atoms with Crippen molar-refractivity contribution in [3.05, 3.63) is 46.3 Å². The zero-order chi connectivity index (χ0) is 25.9. The molecule has 1 N–H and O–H groups in total. The van der Waals surface area contributed by atoms with Crippen LogP contribution >= 0.6 is 0 Å². The van der Waals surface area contributed by atoms with Crippen molar-refractivity contribution in [1.82, 2.24) is 5.32 Å². The molecule has 4 atom stereocenters. The van der Waals surface area contributed by atoms with Crippen LogP contribution in [0.25, 0.3) is 0 Å². The first-order valence-electron chi connectivity index (χ1n) is 12.0. The number of ketones is 1. The standard InChI is InChI=1S/C27H35NO7/c1-8-15(4)35-27(31)22-16(5)28-18-12-14(3)21(26(30)33-7)25(29)24(18)23(22)17-10-11-19(34-9-2)20(13-17)32-6/h10-11,13-15,21,23,28H,8-9,12H2,1-7H3/t14-,15+,21+,23+/m0/s1. The Morgan fingerprint density at radius 3 is 2.49 bits per heavy atom. The minimum atomic E-state index is -0.946. The fraction of sp³-hybridized carbons (Fsp3) is 0.519. The van der Waals surface area contributed by atoms with Gasteiger partial charge in [0.1, 0.15) is 5.92 Å². The molecule has 1 aromatic rings. The highest BCUT2D eigenvalue weighted by Gasteiger charge is 2.47. The van der Waals surface area contributed by atoms with Gasteiger partial charge < -0.3 is 24.3 Å². The lowest BCUT2D eigenvalue weighted by molar-refractivity contribution is -0.151. The van der Waals surface area contributed by atoms with E-state index in [0.29, 0.717) is 59.1 Å². The summed E-state index contributed by atoms with van der Waals surface area (Å²) in [5, 5.41) is 3.27. The number of benzene rings is 1. The average molecular weight is 486 g/mol. The quantitative estimate of drug-likeness (QED) is 0.435. The SMILES string of the molecule is CCOc1ccc([C@@H]2C(C(=O)O[C@H](C)CC)=C(C)NC3=C2C(=O)[C@H](C(=O)OC)[C@@H](C)C3)cc1OC. The molecule has 0 spiro atoms. The van der Waals surface area contributed by atoms with E-state index in [1.807, 2.05) is 33.8 Å². The number of rotatable bonds is 8. The van der Waals surface area contributed by atoms with Gasteiger partial charge in [-0.1, -0.05) is 19.9 Å². The normalized spacial score (nSPS) is 22.7. The molecule has 0 fully saturated rings. The van der Waals surface area contributed by atoms with Gasteiger partial charge >= 0.3 is 11.9 Å². The van der Waals surface area contributed by atoms with E-state index in [4.69, 9.17) is 18.9 Å². The van der Waals surface area contributed by atoms with Crippen molar-refractivity contribution in [3.63, 3.8) is 0 Å². The van der Waals surface area contributed by atoms with Crippen molar-refractivity contribution in [3.8, 4) is 11.5 Å². The monoisotopic (exact) mass is 485 g/mol. The Balaban J connectivity index is 2.20. The van der Waals surface area contributed by atoms with Crippen molar-refractivity contribution < 1.29 is 33.3 Å². The molecule has 0 saturated heterocycles. The van der Waals surface area contributed by atoms with E-state index in [0.717, 1.165) is 0 Å². The Bertz CT molecular complexity index is 1070. The van der Waals surface area contributed by atoms with Gasteiger partial charge in [-0.2, -0.15) is 0 Å². The summed E-state index contributed by atoms with van der Waals surface area (Å²) in [6.45, 7) is 9.75. The van der Waals surface area contributed by atoms with Crippen molar-refractivity contribution in [1.29, 1.82) is 0 Å². The Morgan fingerprint density at radius 2 is 1.89 bits per heavy atom. The van der Waals surface area contributed by atoms with Gasteiger partial charge in [0.2, 0.25) is 0 Å². The first kappa shape index (κ1) is 26.3. The van der Waals surface area contributed by atoms with Crippen molar-refractivity contribution in [2.24, 2.45) is 11.8 Å². The lowest BCUT2D eigenvalue weighted by Gasteiger charge is -2.38. The van der Waals surface area contributed by atoms with Gasteiger partial charge in [-0.05, 0) is 57.2 Å². The van der Waals surface area contributed by atoms with Crippen LogP contribution < -0.4 is 14.8 Å². The molecule has 2 aliphatic rings. The van der Waals surface area contributed by atoms with E-state index >= 15 is 0 Å². The van der Waals surface area contributed by atoms with Gasteiger partial charge in [0.25, 0.3) is 0 Å². The van der Waals surface area contributed by atoms with Gasteiger partial charge in [-0.15, -0.1) is 0 Å². The molecule has 0 unspecified atom stereocenters. The van der Waals surface area contributed by atoms with Gasteiger partial charge in [-0.3, -0.25) is 9.59 Å². The summed E-state index contributed by atoms with van der Waals surface area (Å²) in [7, 11) is 2.81. The fourth-order valence-corrected chi connectivity index (χ4v) is 4.75. The van der Waals surface area contributed by atoms with Crippen LogP contribution in [0.3, 0.4) is 0 Å². The number of dihydropyridines is 1. The van der Waals surface area contributed by atoms with Crippen LogP contribution in [0.4, 0.5) is 0 Å². The number of esters is 2. The maximum absolute atomic E-state index is 13.8. The molecule has 8 nitrogen and oxygen atoms in total. The Kier molecular flexibility index (Phi) is 8.25. The molecular formula is C27H35NO7. The average Bonchev–Trinajstić information content (AvgIpc) is 2.83. The van der Waals surface area contributed by atoms with E-state index in [9.17, 15) is 14.4 Å². The first-order valence-corrected chi connectivity index (χ1v) is 12.0.